The van der Waals surface area contributed by atoms with Gasteiger partial charge in [-0.2, -0.15) is 5.10 Å². The van der Waals surface area contributed by atoms with E-state index < -0.39 is 0 Å². The van der Waals surface area contributed by atoms with Crippen LogP contribution in [0.25, 0.3) is 22.6 Å². The molecule has 2 aromatic heterocycles. The number of anilines is 1. The van der Waals surface area contributed by atoms with Gasteiger partial charge in [0, 0.05) is 13.5 Å². The van der Waals surface area contributed by atoms with Gasteiger partial charge in [0.25, 0.3) is 0 Å². The molecule has 4 heteroatoms. The van der Waals surface area contributed by atoms with Gasteiger partial charge in [-0.3, -0.25) is 4.68 Å². The third kappa shape index (κ3) is 1.99. The molecule has 0 aliphatic carbocycles. The summed E-state index contributed by atoms with van der Waals surface area (Å²) in [6, 6.07) is 14.0. The fraction of sp³-hybridized carbons (Fsp3) is 0.188. The second-order valence-electron chi connectivity index (χ2n) is 4.72. The average Bonchev–Trinajstić information content (AvgIpc) is 3.06. The molecule has 0 aliphatic heterocycles. The molecule has 0 fully saturated rings. The zero-order valence-corrected chi connectivity index (χ0v) is 11.6. The van der Waals surface area contributed by atoms with Crippen LogP contribution >= 0.6 is 0 Å². The molecular weight excluding hydrogens is 250 g/mol. The number of hydrogen-bond donors (Lipinski definition) is 1. The number of benzene rings is 1. The van der Waals surface area contributed by atoms with E-state index in [1.165, 1.54) is 0 Å². The van der Waals surface area contributed by atoms with Crippen LogP contribution in [-0.2, 0) is 13.5 Å². The first kappa shape index (κ1) is 12.5. The summed E-state index contributed by atoms with van der Waals surface area (Å²) in [7, 11) is 1.84. The molecule has 0 radical (unpaired) electrons. The standard InChI is InChI=1S/C16H17N3O/c1-3-12-9-10-13(20-12)15-14(16(17)19(2)18-15)11-7-5-4-6-8-11/h4-10H,3,17H2,1-2H3. The highest BCUT2D eigenvalue weighted by Crippen LogP contribution is 2.36. The molecule has 4 nitrogen and oxygen atoms in total. The molecule has 3 rings (SSSR count). The summed E-state index contributed by atoms with van der Waals surface area (Å²) in [5, 5.41) is 4.50. The van der Waals surface area contributed by atoms with Crippen LogP contribution in [-0.4, -0.2) is 9.78 Å². The normalized spacial score (nSPS) is 10.9. The van der Waals surface area contributed by atoms with Crippen molar-refractivity contribution in [3.05, 3.63) is 48.2 Å². The minimum Gasteiger partial charge on any atom is -0.459 e. The van der Waals surface area contributed by atoms with Crippen molar-refractivity contribution in [2.24, 2.45) is 7.05 Å². The Balaban J connectivity index is 2.19. The maximum absolute atomic E-state index is 6.17. The topological polar surface area (TPSA) is 57.0 Å². The minimum atomic E-state index is 0.639. The minimum absolute atomic E-state index is 0.639. The molecule has 3 aromatic rings. The van der Waals surface area contributed by atoms with Crippen molar-refractivity contribution in [3.8, 4) is 22.6 Å². The van der Waals surface area contributed by atoms with E-state index in [1.807, 2.05) is 49.5 Å². The Hall–Kier alpha value is -2.49. The number of nitrogens with zero attached hydrogens (tertiary/aromatic N) is 2. The van der Waals surface area contributed by atoms with Gasteiger partial charge in [0.15, 0.2) is 5.76 Å². The van der Waals surface area contributed by atoms with Gasteiger partial charge in [0.05, 0.1) is 5.56 Å². The first-order chi connectivity index (χ1) is 9.70. The van der Waals surface area contributed by atoms with Crippen molar-refractivity contribution in [1.82, 2.24) is 9.78 Å². The summed E-state index contributed by atoms with van der Waals surface area (Å²) in [6.07, 6.45) is 0.864. The monoisotopic (exact) mass is 267 g/mol. The third-order valence-corrected chi connectivity index (χ3v) is 3.40. The number of furan rings is 1. The Morgan fingerprint density at radius 1 is 1.15 bits per heavy atom. The van der Waals surface area contributed by atoms with Gasteiger partial charge in [-0.15, -0.1) is 0 Å². The van der Waals surface area contributed by atoms with E-state index in [0.717, 1.165) is 34.8 Å². The molecule has 2 heterocycles. The quantitative estimate of drug-likeness (QED) is 0.790. The van der Waals surface area contributed by atoms with Crippen LogP contribution in [0.5, 0.6) is 0 Å². The predicted octanol–water partition coefficient (Wildman–Crippen LogP) is 3.49. The highest BCUT2D eigenvalue weighted by molar-refractivity contribution is 5.86. The molecule has 0 atom stereocenters. The summed E-state index contributed by atoms with van der Waals surface area (Å²) in [5.74, 6) is 2.34. The van der Waals surface area contributed by atoms with E-state index in [2.05, 4.69) is 12.0 Å². The van der Waals surface area contributed by atoms with Crippen LogP contribution in [0.4, 0.5) is 5.82 Å². The van der Waals surface area contributed by atoms with Crippen LogP contribution in [0.3, 0.4) is 0 Å². The second-order valence-corrected chi connectivity index (χ2v) is 4.72. The number of nitrogen functional groups attached to an aromatic ring is 1. The van der Waals surface area contributed by atoms with E-state index in [-0.39, 0.29) is 0 Å². The Labute approximate surface area is 117 Å². The fourth-order valence-corrected chi connectivity index (χ4v) is 2.29. The van der Waals surface area contributed by atoms with Crippen LogP contribution in [0.1, 0.15) is 12.7 Å². The summed E-state index contributed by atoms with van der Waals surface area (Å²) < 4.78 is 7.50. The summed E-state index contributed by atoms with van der Waals surface area (Å²) >= 11 is 0. The summed E-state index contributed by atoms with van der Waals surface area (Å²) in [6.45, 7) is 2.06. The molecule has 1 aromatic carbocycles. The first-order valence-corrected chi connectivity index (χ1v) is 6.67. The Kier molecular flexibility index (Phi) is 3.06. The molecule has 0 unspecified atom stereocenters. The van der Waals surface area contributed by atoms with Crippen molar-refractivity contribution in [3.63, 3.8) is 0 Å². The summed E-state index contributed by atoms with van der Waals surface area (Å²) in [4.78, 5) is 0. The van der Waals surface area contributed by atoms with Crippen LogP contribution in [0.15, 0.2) is 46.9 Å². The number of rotatable bonds is 3. The van der Waals surface area contributed by atoms with E-state index in [4.69, 9.17) is 10.2 Å². The maximum atomic E-state index is 6.17. The van der Waals surface area contributed by atoms with E-state index in [0.29, 0.717) is 5.82 Å². The number of hydrogen-bond acceptors (Lipinski definition) is 3. The highest BCUT2D eigenvalue weighted by atomic mass is 16.3. The lowest BCUT2D eigenvalue weighted by atomic mass is 10.0. The van der Waals surface area contributed by atoms with Gasteiger partial charge in [-0.25, -0.2) is 0 Å². The van der Waals surface area contributed by atoms with Gasteiger partial charge in [-0.1, -0.05) is 37.3 Å². The van der Waals surface area contributed by atoms with Crippen molar-refractivity contribution in [2.45, 2.75) is 13.3 Å². The largest absolute Gasteiger partial charge is 0.459 e. The molecule has 0 aliphatic rings. The van der Waals surface area contributed by atoms with Gasteiger partial charge in [-0.05, 0) is 17.7 Å². The molecule has 2 N–H and O–H groups in total. The van der Waals surface area contributed by atoms with Crippen LogP contribution in [0, 0.1) is 0 Å². The average molecular weight is 267 g/mol. The van der Waals surface area contributed by atoms with Gasteiger partial charge in [0.1, 0.15) is 17.3 Å². The van der Waals surface area contributed by atoms with Crippen LogP contribution < -0.4 is 5.73 Å². The van der Waals surface area contributed by atoms with Gasteiger partial charge < -0.3 is 10.2 Å². The molecule has 0 saturated carbocycles. The highest BCUT2D eigenvalue weighted by Gasteiger charge is 2.19. The summed E-state index contributed by atoms with van der Waals surface area (Å²) in [5.41, 5.74) is 8.92. The molecule has 0 saturated heterocycles. The fourth-order valence-electron chi connectivity index (χ4n) is 2.29. The van der Waals surface area contributed by atoms with E-state index >= 15 is 0 Å². The molecule has 0 bridgehead atoms. The zero-order chi connectivity index (χ0) is 14.1. The SMILES string of the molecule is CCc1ccc(-c2nn(C)c(N)c2-c2ccccc2)o1. The Morgan fingerprint density at radius 3 is 2.55 bits per heavy atom. The molecule has 0 amide bonds. The predicted molar refractivity (Wildman–Crippen MR) is 80.1 cm³/mol. The zero-order valence-electron chi connectivity index (χ0n) is 11.6. The van der Waals surface area contributed by atoms with Gasteiger partial charge in [0.2, 0.25) is 0 Å². The first-order valence-electron chi connectivity index (χ1n) is 6.67. The Morgan fingerprint density at radius 2 is 1.90 bits per heavy atom. The van der Waals surface area contributed by atoms with Crippen molar-refractivity contribution < 1.29 is 4.42 Å². The lowest BCUT2D eigenvalue weighted by Crippen LogP contribution is -1.97. The van der Waals surface area contributed by atoms with Gasteiger partial charge >= 0.3 is 0 Å². The lowest BCUT2D eigenvalue weighted by Gasteiger charge is -2.02. The molecular formula is C16H17N3O. The number of nitrogens with two attached hydrogens (primary N) is 1. The number of aromatic nitrogens is 2. The Bertz CT molecular complexity index is 726. The smallest absolute Gasteiger partial charge is 0.155 e. The van der Waals surface area contributed by atoms with Crippen LogP contribution in [0.2, 0.25) is 0 Å². The molecule has 0 spiro atoms. The maximum Gasteiger partial charge on any atom is 0.155 e. The second kappa shape index (κ2) is 4.89. The van der Waals surface area contributed by atoms with E-state index in [1.54, 1.807) is 4.68 Å². The van der Waals surface area contributed by atoms with Crippen molar-refractivity contribution >= 4 is 5.82 Å². The van der Waals surface area contributed by atoms with E-state index in [9.17, 15) is 0 Å². The number of aryl methyl sites for hydroxylation is 2. The molecule has 102 valence electrons. The lowest BCUT2D eigenvalue weighted by molar-refractivity contribution is 0.526. The third-order valence-electron chi connectivity index (χ3n) is 3.40. The van der Waals surface area contributed by atoms with Crippen molar-refractivity contribution in [1.29, 1.82) is 0 Å². The van der Waals surface area contributed by atoms with Crippen molar-refractivity contribution in [2.75, 3.05) is 5.73 Å². The molecule has 20 heavy (non-hydrogen) atoms.